The Balaban J connectivity index is 1.93. The van der Waals surface area contributed by atoms with Crippen molar-refractivity contribution >= 4 is 39.6 Å². The molecule has 0 unspecified atom stereocenters. The number of benzene rings is 1. The molecule has 5 heteroatoms. The number of rotatable bonds is 3. The average molecular weight is 303 g/mol. The first kappa shape index (κ1) is 13.3. The van der Waals surface area contributed by atoms with Gasteiger partial charge < -0.3 is 15.1 Å². The van der Waals surface area contributed by atoms with Gasteiger partial charge in [-0.25, -0.2) is 9.78 Å². The van der Waals surface area contributed by atoms with Crippen LogP contribution in [0.4, 0.5) is 0 Å². The summed E-state index contributed by atoms with van der Waals surface area (Å²) in [4.78, 5) is 22.2. The first-order valence-electron chi connectivity index (χ1n) is 7.17. The van der Waals surface area contributed by atoms with Gasteiger partial charge in [-0.15, -0.1) is 0 Å². The summed E-state index contributed by atoms with van der Waals surface area (Å²) in [6.45, 7) is 0. The van der Waals surface area contributed by atoms with Crippen molar-refractivity contribution in [2.24, 2.45) is 0 Å². The summed E-state index contributed by atoms with van der Waals surface area (Å²) in [5, 5.41) is 11.5. The van der Waals surface area contributed by atoms with Crippen molar-refractivity contribution in [2.45, 2.75) is 0 Å². The Morgan fingerprint density at radius 3 is 2.74 bits per heavy atom. The van der Waals surface area contributed by atoms with Crippen LogP contribution in [0.2, 0.25) is 0 Å². The summed E-state index contributed by atoms with van der Waals surface area (Å²) < 4.78 is 0. The number of nitrogens with zero attached hydrogens (tertiary/aromatic N) is 1. The lowest BCUT2D eigenvalue weighted by Gasteiger charge is -2.01. The number of nitrogens with one attached hydrogen (secondary N) is 2. The number of aliphatic carboxylic acids is 1. The Morgan fingerprint density at radius 2 is 1.87 bits per heavy atom. The van der Waals surface area contributed by atoms with Crippen LogP contribution in [0.3, 0.4) is 0 Å². The summed E-state index contributed by atoms with van der Waals surface area (Å²) in [5.41, 5.74) is 3.37. The topological polar surface area (TPSA) is 81.8 Å². The maximum Gasteiger partial charge on any atom is 0.336 e. The summed E-state index contributed by atoms with van der Waals surface area (Å²) in [5.74, 6) is -0.965. The molecule has 0 saturated carbocycles. The van der Waals surface area contributed by atoms with E-state index in [1.807, 2.05) is 36.4 Å². The predicted octanol–water partition coefficient (Wildman–Crippen LogP) is 3.67. The molecular formula is C18H13N3O2. The Hall–Kier alpha value is -3.34. The first-order valence-corrected chi connectivity index (χ1v) is 7.17. The van der Waals surface area contributed by atoms with Gasteiger partial charge in [0.05, 0.1) is 5.57 Å². The van der Waals surface area contributed by atoms with E-state index in [2.05, 4.69) is 15.0 Å². The lowest BCUT2D eigenvalue weighted by molar-refractivity contribution is -0.130. The Bertz CT molecular complexity index is 1060. The minimum absolute atomic E-state index is 0.243. The highest BCUT2D eigenvalue weighted by molar-refractivity contribution is 6.24. The van der Waals surface area contributed by atoms with Gasteiger partial charge >= 0.3 is 5.97 Å². The van der Waals surface area contributed by atoms with Gasteiger partial charge in [-0.05, 0) is 24.3 Å². The molecule has 1 aromatic carbocycles. The lowest BCUT2D eigenvalue weighted by atomic mass is 10.0. The minimum Gasteiger partial charge on any atom is -0.478 e. The zero-order valence-corrected chi connectivity index (χ0v) is 12.1. The van der Waals surface area contributed by atoms with E-state index < -0.39 is 5.97 Å². The van der Waals surface area contributed by atoms with Crippen LogP contribution in [-0.4, -0.2) is 26.0 Å². The van der Waals surface area contributed by atoms with Crippen LogP contribution < -0.4 is 0 Å². The van der Waals surface area contributed by atoms with Crippen molar-refractivity contribution < 1.29 is 9.90 Å². The summed E-state index contributed by atoms with van der Waals surface area (Å²) >= 11 is 0. The molecule has 0 aliphatic heterocycles. The van der Waals surface area contributed by atoms with Crippen molar-refractivity contribution in [3.05, 3.63) is 66.1 Å². The number of fused-ring (bicyclic) bond motifs is 2. The van der Waals surface area contributed by atoms with Crippen LogP contribution in [-0.2, 0) is 4.79 Å². The van der Waals surface area contributed by atoms with Gasteiger partial charge in [-0.3, -0.25) is 0 Å². The van der Waals surface area contributed by atoms with E-state index in [9.17, 15) is 9.90 Å². The molecule has 23 heavy (non-hydrogen) atoms. The second-order valence-corrected chi connectivity index (χ2v) is 5.25. The highest BCUT2D eigenvalue weighted by atomic mass is 16.4. The van der Waals surface area contributed by atoms with Crippen LogP contribution in [0.25, 0.3) is 33.6 Å². The molecule has 0 atom stereocenters. The molecule has 3 heterocycles. The van der Waals surface area contributed by atoms with Gasteiger partial charge in [0, 0.05) is 46.0 Å². The lowest BCUT2D eigenvalue weighted by Crippen LogP contribution is -1.98. The fourth-order valence-corrected chi connectivity index (χ4v) is 2.80. The fourth-order valence-electron chi connectivity index (χ4n) is 2.80. The number of pyridine rings is 1. The number of H-pyrrole nitrogens is 2. The molecule has 0 aliphatic carbocycles. The molecule has 0 spiro atoms. The van der Waals surface area contributed by atoms with Crippen molar-refractivity contribution in [2.75, 3.05) is 0 Å². The van der Waals surface area contributed by atoms with Crippen LogP contribution in [0.1, 0.15) is 11.1 Å². The zero-order chi connectivity index (χ0) is 15.8. The summed E-state index contributed by atoms with van der Waals surface area (Å²) in [6.07, 6.45) is 6.88. The van der Waals surface area contributed by atoms with Crippen molar-refractivity contribution in [1.82, 2.24) is 15.0 Å². The minimum atomic E-state index is -0.965. The van der Waals surface area contributed by atoms with Gasteiger partial charge in [0.1, 0.15) is 5.65 Å². The average Bonchev–Trinajstić information content (AvgIpc) is 3.16. The molecule has 0 saturated heterocycles. The molecule has 3 N–H and O–H groups in total. The van der Waals surface area contributed by atoms with E-state index in [0.29, 0.717) is 5.56 Å². The van der Waals surface area contributed by atoms with Gasteiger partial charge in [-0.1, -0.05) is 18.2 Å². The second-order valence-electron chi connectivity index (χ2n) is 5.25. The highest BCUT2D eigenvalue weighted by Crippen LogP contribution is 2.28. The highest BCUT2D eigenvalue weighted by Gasteiger charge is 2.16. The zero-order valence-electron chi connectivity index (χ0n) is 12.1. The number of aromatic nitrogens is 3. The fraction of sp³-hybridized carbons (Fsp3) is 0. The van der Waals surface area contributed by atoms with E-state index in [1.165, 1.54) is 0 Å². The maximum atomic E-state index is 11.8. The quantitative estimate of drug-likeness (QED) is 0.505. The first-order chi connectivity index (χ1) is 11.2. The van der Waals surface area contributed by atoms with Gasteiger partial charge in [0.25, 0.3) is 0 Å². The normalized spacial score (nSPS) is 12.1. The number of aromatic amines is 2. The Labute approximate surface area is 131 Å². The molecular weight excluding hydrogens is 290 g/mol. The smallest absolute Gasteiger partial charge is 0.336 e. The summed E-state index contributed by atoms with van der Waals surface area (Å²) in [6, 6.07) is 11.4. The number of hydrogen-bond donors (Lipinski definition) is 3. The molecule has 0 aliphatic rings. The second kappa shape index (κ2) is 5.14. The molecule has 3 aromatic heterocycles. The molecule has 4 rings (SSSR count). The molecule has 5 nitrogen and oxygen atoms in total. The number of para-hydroxylation sites is 1. The summed E-state index contributed by atoms with van der Waals surface area (Å²) in [7, 11) is 0. The van der Waals surface area contributed by atoms with E-state index in [1.54, 1.807) is 24.7 Å². The van der Waals surface area contributed by atoms with E-state index in [-0.39, 0.29) is 5.57 Å². The van der Waals surface area contributed by atoms with Crippen LogP contribution >= 0.6 is 0 Å². The molecule has 0 radical (unpaired) electrons. The molecule has 0 fully saturated rings. The molecule has 0 bridgehead atoms. The van der Waals surface area contributed by atoms with Gasteiger partial charge in [0.2, 0.25) is 0 Å². The SMILES string of the molecule is O=C(O)/C(=C\c1c[nH]c2ncccc12)c1c[nH]c2ccccc12. The van der Waals surface area contributed by atoms with E-state index in [0.717, 1.165) is 27.5 Å². The monoisotopic (exact) mass is 303 g/mol. The molecule has 112 valence electrons. The maximum absolute atomic E-state index is 11.8. The third-order valence-corrected chi connectivity index (χ3v) is 3.89. The predicted molar refractivity (Wildman–Crippen MR) is 89.9 cm³/mol. The number of carboxylic acid groups (broad SMARTS) is 1. The van der Waals surface area contributed by atoms with Gasteiger partial charge in [-0.2, -0.15) is 0 Å². The number of carbonyl (C=O) groups is 1. The number of hydrogen-bond acceptors (Lipinski definition) is 2. The molecule has 0 amide bonds. The van der Waals surface area contributed by atoms with Crippen LogP contribution in [0.15, 0.2) is 55.0 Å². The van der Waals surface area contributed by atoms with Crippen molar-refractivity contribution in [3.63, 3.8) is 0 Å². The third kappa shape index (κ3) is 2.19. The van der Waals surface area contributed by atoms with E-state index >= 15 is 0 Å². The van der Waals surface area contributed by atoms with Crippen molar-refractivity contribution in [1.29, 1.82) is 0 Å². The Kier molecular flexibility index (Phi) is 2.98. The van der Waals surface area contributed by atoms with E-state index in [4.69, 9.17) is 0 Å². The van der Waals surface area contributed by atoms with Crippen LogP contribution in [0.5, 0.6) is 0 Å². The standard InChI is InChI=1S/C18H13N3O2/c22-18(23)14(15-10-20-16-6-2-1-4-13(15)16)8-11-9-21-17-12(11)5-3-7-19-17/h1-10,20H,(H,19,21)(H,22,23)/b14-8-. The number of carboxylic acids is 1. The van der Waals surface area contributed by atoms with Crippen molar-refractivity contribution in [3.8, 4) is 0 Å². The Morgan fingerprint density at radius 1 is 1.04 bits per heavy atom. The van der Waals surface area contributed by atoms with Crippen LogP contribution in [0, 0.1) is 0 Å². The molecule has 4 aromatic rings. The largest absolute Gasteiger partial charge is 0.478 e. The van der Waals surface area contributed by atoms with Gasteiger partial charge in [0.15, 0.2) is 0 Å². The third-order valence-electron chi connectivity index (χ3n) is 3.89.